The number of nitro groups is 1. The Hall–Kier alpha value is -4.29. The molecular weight excluding hydrogens is 505 g/mol. The monoisotopic (exact) mass is 535 g/mol. The Kier molecular flexibility index (Phi) is 7.31. The summed E-state index contributed by atoms with van der Waals surface area (Å²) in [6.07, 6.45) is 1.59. The molecule has 1 aliphatic rings. The predicted octanol–water partition coefficient (Wildman–Crippen LogP) is 4.43. The van der Waals surface area contributed by atoms with Gasteiger partial charge in [0.05, 0.1) is 42.3 Å². The van der Waals surface area contributed by atoms with Gasteiger partial charge in [-0.15, -0.1) is 0 Å². The summed E-state index contributed by atoms with van der Waals surface area (Å²) in [6.45, 7) is 2.92. The minimum absolute atomic E-state index is 0.0733. The van der Waals surface area contributed by atoms with Crippen LogP contribution in [0, 0.1) is 15.9 Å². The van der Waals surface area contributed by atoms with Crippen LogP contribution in [0.3, 0.4) is 0 Å². The zero-order valence-electron chi connectivity index (χ0n) is 22.3. The lowest BCUT2D eigenvalue weighted by Gasteiger charge is -2.22. The molecule has 4 aromatic rings. The van der Waals surface area contributed by atoms with Crippen LogP contribution in [0.15, 0.2) is 42.6 Å². The molecule has 11 nitrogen and oxygen atoms in total. The summed E-state index contributed by atoms with van der Waals surface area (Å²) < 4.78 is 27.7. The zero-order chi connectivity index (χ0) is 27.7. The molecule has 1 aliphatic heterocycles. The first-order chi connectivity index (χ1) is 18.8. The van der Waals surface area contributed by atoms with Crippen molar-refractivity contribution >= 4 is 33.9 Å². The summed E-state index contributed by atoms with van der Waals surface area (Å²) >= 11 is 0. The Morgan fingerprint density at radius 2 is 2.03 bits per heavy atom. The molecule has 0 saturated carbocycles. The molecule has 204 valence electrons. The van der Waals surface area contributed by atoms with Gasteiger partial charge >= 0.3 is 0 Å². The van der Waals surface area contributed by atoms with E-state index in [2.05, 4.69) is 14.9 Å². The number of nitrogens with zero attached hydrogens (tertiary/aromatic N) is 6. The van der Waals surface area contributed by atoms with Crippen LogP contribution in [0.2, 0.25) is 0 Å². The number of rotatable bonds is 9. The first kappa shape index (κ1) is 26.3. The van der Waals surface area contributed by atoms with Gasteiger partial charge in [-0.2, -0.15) is 0 Å². The van der Waals surface area contributed by atoms with E-state index in [0.717, 1.165) is 28.7 Å². The van der Waals surface area contributed by atoms with Crippen molar-refractivity contribution in [2.75, 3.05) is 58.2 Å². The maximum Gasteiger partial charge on any atom is 0.294 e. The molecular formula is C27H30FN7O4. The van der Waals surface area contributed by atoms with E-state index in [4.69, 9.17) is 14.5 Å². The molecule has 0 saturated heterocycles. The third kappa shape index (κ3) is 5.20. The molecule has 0 fully saturated rings. The van der Waals surface area contributed by atoms with Gasteiger partial charge < -0.3 is 29.2 Å². The summed E-state index contributed by atoms with van der Waals surface area (Å²) in [4.78, 5) is 24.4. The van der Waals surface area contributed by atoms with Crippen molar-refractivity contribution in [2.24, 2.45) is 0 Å². The minimum Gasteiger partial charge on any atom is -0.494 e. The van der Waals surface area contributed by atoms with Crippen LogP contribution in [0.4, 0.5) is 27.4 Å². The topological polar surface area (TPSA) is 111 Å². The number of fused-ring (bicyclic) bond motifs is 3. The van der Waals surface area contributed by atoms with E-state index in [1.54, 1.807) is 31.4 Å². The fourth-order valence-electron chi connectivity index (χ4n) is 4.82. The average Bonchev–Trinajstić information content (AvgIpc) is 3.24. The van der Waals surface area contributed by atoms with Crippen molar-refractivity contribution in [1.82, 2.24) is 19.4 Å². The molecule has 0 atom stereocenters. The van der Waals surface area contributed by atoms with Crippen LogP contribution >= 0.6 is 0 Å². The molecule has 2 aromatic heterocycles. The maximum absolute atomic E-state index is 14.3. The summed E-state index contributed by atoms with van der Waals surface area (Å²) in [6, 6.07) is 9.53. The number of hydrogen-bond donors (Lipinski definition) is 1. The average molecular weight is 536 g/mol. The van der Waals surface area contributed by atoms with E-state index < -0.39 is 4.92 Å². The summed E-state index contributed by atoms with van der Waals surface area (Å²) in [5.74, 6) is 0.284. The number of nitro benzene ring substituents is 1. The van der Waals surface area contributed by atoms with Crippen LogP contribution in [0.25, 0.3) is 22.2 Å². The van der Waals surface area contributed by atoms with Gasteiger partial charge in [-0.05, 0) is 38.4 Å². The van der Waals surface area contributed by atoms with E-state index in [1.807, 2.05) is 23.9 Å². The van der Waals surface area contributed by atoms with E-state index in [-0.39, 0.29) is 17.5 Å². The second-order valence-corrected chi connectivity index (χ2v) is 9.60. The van der Waals surface area contributed by atoms with Crippen molar-refractivity contribution in [3.63, 3.8) is 0 Å². The van der Waals surface area contributed by atoms with Gasteiger partial charge in [0, 0.05) is 61.5 Å². The summed E-state index contributed by atoms with van der Waals surface area (Å²) in [5, 5.41) is 15.8. The smallest absolute Gasteiger partial charge is 0.294 e. The van der Waals surface area contributed by atoms with Crippen LogP contribution < -0.4 is 15.0 Å². The lowest BCUT2D eigenvalue weighted by atomic mass is 10.1. The fraction of sp³-hybridized carbons (Fsp3) is 0.333. The van der Waals surface area contributed by atoms with Gasteiger partial charge in [-0.1, -0.05) is 0 Å². The van der Waals surface area contributed by atoms with Gasteiger partial charge in [-0.3, -0.25) is 10.1 Å². The number of methoxy groups -OCH3 is 1. The van der Waals surface area contributed by atoms with Crippen LogP contribution in [-0.4, -0.2) is 72.3 Å². The molecule has 2 aromatic carbocycles. The van der Waals surface area contributed by atoms with E-state index in [1.165, 1.54) is 25.3 Å². The zero-order valence-corrected chi connectivity index (χ0v) is 22.3. The molecule has 0 aliphatic carbocycles. The number of anilines is 3. The maximum atomic E-state index is 14.3. The lowest BCUT2D eigenvalue weighted by molar-refractivity contribution is -0.384. The van der Waals surface area contributed by atoms with Crippen LogP contribution in [-0.2, 0) is 17.9 Å². The standard InChI is InChI=1S/C27H30FN7O4/c1-32(2)9-10-33(3)22-15-25(38-4)20(14-23(22)35(36)37)31-27-29-8-7-19(30-27)26-18-13-17(28)5-6-21(18)34-11-12-39-16-24(26)34/h5-8,13-15H,9-12,16H2,1-4H3,(H,29,30,31). The molecule has 5 rings (SSSR count). The predicted molar refractivity (Wildman–Crippen MR) is 147 cm³/mol. The quantitative estimate of drug-likeness (QED) is 0.246. The van der Waals surface area contributed by atoms with Crippen molar-refractivity contribution < 1.29 is 18.8 Å². The van der Waals surface area contributed by atoms with E-state index in [0.29, 0.717) is 49.1 Å². The van der Waals surface area contributed by atoms with Crippen molar-refractivity contribution in [2.45, 2.75) is 13.2 Å². The molecule has 0 spiro atoms. The van der Waals surface area contributed by atoms with Gasteiger partial charge in [0.2, 0.25) is 5.95 Å². The number of benzene rings is 2. The van der Waals surface area contributed by atoms with Crippen molar-refractivity contribution in [3.05, 3.63) is 64.2 Å². The van der Waals surface area contributed by atoms with Crippen molar-refractivity contribution in [3.8, 4) is 17.0 Å². The molecule has 3 heterocycles. The van der Waals surface area contributed by atoms with Gasteiger partial charge in [0.15, 0.2) is 0 Å². The SMILES string of the molecule is COc1cc(N(C)CCN(C)C)c([N+](=O)[O-])cc1Nc1nccc(-c2c3n(c4ccc(F)cc24)CCOC3)n1. The van der Waals surface area contributed by atoms with Crippen molar-refractivity contribution in [1.29, 1.82) is 0 Å². The summed E-state index contributed by atoms with van der Waals surface area (Å²) in [7, 11) is 7.20. The number of halogens is 1. The largest absolute Gasteiger partial charge is 0.494 e. The van der Waals surface area contributed by atoms with E-state index >= 15 is 0 Å². The van der Waals surface area contributed by atoms with Gasteiger partial charge in [-0.25, -0.2) is 14.4 Å². The molecule has 0 unspecified atom stereocenters. The number of ether oxygens (including phenoxy) is 2. The second kappa shape index (κ2) is 10.8. The summed E-state index contributed by atoms with van der Waals surface area (Å²) in [5.41, 5.74) is 3.88. The van der Waals surface area contributed by atoms with E-state index in [9.17, 15) is 14.5 Å². The number of aromatic nitrogens is 3. The number of hydrogen-bond acceptors (Lipinski definition) is 9. The minimum atomic E-state index is -0.419. The Balaban J connectivity index is 1.54. The van der Waals surface area contributed by atoms with Gasteiger partial charge in [0.25, 0.3) is 5.69 Å². The molecule has 12 heteroatoms. The Morgan fingerprint density at radius 3 is 2.77 bits per heavy atom. The highest BCUT2D eigenvalue weighted by Gasteiger charge is 2.25. The molecule has 0 radical (unpaired) electrons. The third-order valence-corrected chi connectivity index (χ3v) is 6.78. The molecule has 1 N–H and O–H groups in total. The Bertz CT molecular complexity index is 1540. The van der Waals surface area contributed by atoms with Crippen LogP contribution in [0.5, 0.6) is 5.75 Å². The molecule has 0 amide bonds. The Morgan fingerprint density at radius 1 is 1.21 bits per heavy atom. The Labute approximate surface area is 224 Å². The second-order valence-electron chi connectivity index (χ2n) is 9.60. The normalized spacial score (nSPS) is 13.0. The molecule has 39 heavy (non-hydrogen) atoms. The first-order valence-corrected chi connectivity index (χ1v) is 12.5. The van der Waals surface area contributed by atoms with Gasteiger partial charge in [0.1, 0.15) is 17.3 Å². The molecule has 0 bridgehead atoms. The third-order valence-electron chi connectivity index (χ3n) is 6.78. The highest BCUT2D eigenvalue weighted by atomic mass is 19.1. The number of nitrogens with one attached hydrogen (secondary N) is 1. The highest BCUT2D eigenvalue weighted by Crippen LogP contribution is 2.40. The first-order valence-electron chi connectivity index (χ1n) is 12.5. The lowest BCUT2D eigenvalue weighted by Crippen LogP contribution is -2.28. The fourth-order valence-corrected chi connectivity index (χ4v) is 4.82. The highest BCUT2D eigenvalue weighted by molar-refractivity contribution is 5.97. The van der Waals surface area contributed by atoms with Crippen LogP contribution in [0.1, 0.15) is 5.69 Å². The number of likely N-dealkylation sites (N-methyl/N-ethyl adjacent to an activating group) is 2.